The van der Waals surface area contributed by atoms with Crippen molar-refractivity contribution in [2.75, 3.05) is 23.6 Å². The molecule has 1 aromatic heterocycles. The second-order valence-electron chi connectivity index (χ2n) is 7.39. The minimum Gasteiger partial charge on any atom is -0.496 e. The lowest BCUT2D eigenvalue weighted by Crippen LogP contribution is -2.07. The Morgan fingerprint density at radius 3 is 2.81 bits per heavy atom. The van der Waals surface area contributed by atoms with Crippen LogP contribution in [0.2, 0.25) is 0 Å². The molecule has 140 valence electrons. The van der Waals surface area contributed by atoms with E-state index in [1.54, 1.807) is 18.9 Å². The number of hydrogen-bond acceptors (Lipinski definition) is 6. The molecule has 0 saturated heterocycles. The number of fused-ring (bicyclic) bond motifs is 2. The number of anilines is 3. The van der Waals surface area contributed by atoms with Gasteiger partial charge in [-0.3, -0.25) is 4.98 Å². The fourth-order valence-electron chi connectivity index (χ4n) is 3.05. The molecule has 27 heavy (non-hydrogen) atoms. The Morgan fingerprint density at radius 1 is 1.19 bits per heavy atom. The molecule has 0 spiro atoms. The van der Waals surface area contributed by atoms with E-state index in [1.165, 1.54) is 10.6 Å². The number of hydrogen-bond donors (Lipinski definition) is 2. The number of nitrogens with zero attached hydrogens (tertiary/aromatic N) is 1. The van der Waals surface area contributed by atoms with Crippen molar-refractivity contribution in [3.05, 3.63) is 42.6 Å². The second-order valence-corrected chi connectivity index (χ2v) is 10.3. The van der Waals surface area contributed by atoms with Gasteiger partial charge in [-0.15, -0.1) is 23.5 Å². The molecule has 0 aliphatic carbocycles. The Hall–Kier alpha value is -2.05. The predicted octanol–water partition coefficient (Wildman–Crippen LogP) is 6.35. The number of nitrogens with one attached hydrogen (secondary N) is 2. The van der Waals surface area contributed by atoms with Crippen molar-refractivity contribution in [2.45, 2.75) is 35.3 Å². The summed E-state index contributed by atoms with van der Waals surface area (Å²) < 4.78 is 5.71. The lowest BCUT2D eigenvalue weighted by atomic mass is 10.1. The van der Waals surface area contributed by atoms with Gasteiger partial charge < -0.3 is 15.4 Å². The number of thioether (sulfide) groups is 2. The average Bonchev–Trinajstić information content (AvgIpc) is 3.08. The van der Waals surface area contributed by atoms with Crippen LogP contribution in [0.15, 0.2) is 52.4 Å². The summed E-state index contributed by atoms with van der Waals surface area (Å²) in [6.45, 7) is 6.62. The van der Waals surface area contributed by atoms with E-state index in [2.05, 4.69) is 60.7 Å². The van der Waals surface area contributed by atoms with Crippen molar-refractivity contribution < 1.29 is 4.74 Å². The summed E-state index contributed by atoms with van der Waals surface area (Å²) in [6.07, 6.45) is 1.84. The van der Waals surface area contributed by atoms with Gasteiger partial charge in [0.2, 0.25) is 0 Å². The summed E-state index contributed by atoms with van der Waals surface area (Å²) in [5, 5.41) is 8.06. The van der Waals surface area contributed by atoms with Crippen LogP contribution in [-0.4, -0.2) is 22.7 Å². The third-order valence-corrected chi connectivity index (χ3v) is 6.30. The first-order chi connectivity index (χ1) is 12.9. The summed E-state index contributed by atoms with van der Waals surface area (Å²) in [6, 6.07) is 12.7. The van der Waals surface area contributed by atoms with Crippen LogP contribution < -0.4 is 15.4 Å². The predicted molar refractivity (Wildman–Crippen MR) is 118 cm³/mol. The Morgan fingerprint density at radius 2 is 2.04 bits per heavy atom. The second kappa shape index (κ2) is 7.17. The Kier molecular flexibility index (Phi) is 4.86. The van der Waals surface area contributed by atoms with Crippen LogP contribution in [0.3, 0.4) is 0 Å². The molecule has 2 heterocycles. The smallest absolute Gasteiger partial charge is 0.134 e. The molecule has 4 nitrogen and oxygen atoms in total. The maximum atomic E-state index is 5.62. The van der Waals surface area contributed by atoms with Gasteiger partial charge in [0.25, 0.3) is 0 Å². The lowest BCUT2D eigenvalue weighted by molar-refractivity contribution is 0.405. The molecule has 2 aromatic carbocycles. The minimum atomic E-state index is 0.0973. The fraction of sp³-hybridized carbons (Fsp3) is 0.286. The zero-order valence-corrected chi connectivity index (χ0v) is 17.6. The van der Waals surface area contributed by atoms with Crippen molar-refractivity contribution in [2.24, 2.45) is 0 Å². The van der Waals surface area contributed by atoms with E-state index in [1.807, 2.05) is 30.1 Å². The summed E-state index contributed by atoms with van der Waals surface area (Å²) in [5.74, 6) is 1.80. The molecule has 1 aliphatic rings. The van der Waals surface area contributed by atoms with Gasteiger partial charge in [-0.25, -0.2) is 0 Å². The molecule has 0 amide bonds. The van der Waals surface area contributed by atoms with Crippen molar-refractivity contribution >= 4 is 51.5 Å². The largest absolute Gasteiger partial charge is 0.496 e. The number of benzene rings is 2. The SMILES string of the molecule is COc1cc2nccc(Nc3ccc4c(c3)NCS4)c2cc1SC(C)(C)C. The Labute approximate surface area is 168 Å². The molecule has 0 bridgehead atoms. The van der Waals surface area contributed by atoms with Crippen LogP contribution in [0.25, 0.3) is 10.9 Å². The standard InChI is InChI=1S/C21H23N3OS2/c1-21(2,3)27-20-10-14-15(7-8-22-16(14)11-18(20)25-4)24-13-5-6-19-17(9-13)23-12-26-19/h5-11,23H,12H2,1-4H3,(H,22,24). The number of methoxy groups -OCH3 is 1. The van der Waals surface area contributed by atoms with E-state index in [9.17, 15) is 0 Å². The fourth-order valence-corrected chi connectivity index (χ4v) is 4.96. The molecule has 2 N–H and O–H groups in total. The molecule has 0 radical (unpaired) electrons. The van der Waals surface area contributed by atoms with Gasteiger partial charge in [0.15, 0.2) is 0 Å². The number of aromatic nitrogens is 1. The van der Waals surface area contributed by atoms with Crippen LogP contribution in [0.5, 0.6) is 5.75 Å². The highest BCUT2D eigenvalue weighted by atomic mass is 32.2. The number of rotatable bonds is 4. The van der Waals surface area contributed by atoms with Gasteiger partial charge in [-0.2, -0.15) is 0 Å². The van der Waals surface area contributed by atoms with Crippen molar-refractivity contribution in [1.82, 2.24) is 4.98 Å². The third-order valence-electron chi connectivity index (χ3n) is 4.19. The van der Waals surface area contributed by atoms with Crippen LogP contribution in [-0.2, 0) is 0 Å². The van der Waals surface area contributed by atoms with Gasteiger partial charge in [-0.05, 0) is 30.3 Å². The molecule has 0 saturated carbocycles. The van der Waals surface area contributed by atoms with Crippen LogP contribution >= 0.6 is 23.5 Å². The Bertz CT molecular complexity index is 999. The molecule has 1 aliphatic heterocycles. The highest BCUT2D eigenvalue weighted by molar-refractivity contribution is 8.00. The molecule has 4 rings (SSSR count). The van der Waals surface area contributed by atoms with Gasteiger partial charge >= 0.3 is 0 Å². The van der Waals surface area contributed by atoms with E-state index in [0.717, 1.165) is 38.8 Å². The average molecular weight is 398 g/mol. The summed E-state index contributed by atoms with van der Waals surface area (Å²) >= 11 is 3.64. The molecule has 6 heteroatoms. The van der Waals surface area contributed by atoms with Gasteiger partial charge in [0.05, 0.1) is 29.1 Å². The summed E-state index contributed by atoms with van der Waals surface area (Å²) in [4.78, 5) is 6.97. The van der Waals surface area contributed by atoms with Crippen LogP contribution in [0.1, 0.15) is 20.8 Å². The highest BCUT2D eigenvalue weighted by Gasteiger charge is 2.18. The first-order valence-electron chi connectivity index (χ1n) is 8.86. The van der Waals surface area contributed by atoms with Gasteiger partial charge in [0.1, 0.15) is 5.75 Å². The van der Waals surface area contributed by atoms with Gasteiger partial charge in [-0.1, -0.05) is 20.8 Å². The first-order valence-corrected chi connectivity index (χ1v) is 10.7. The van der Waals surface area contributed by atoms with Crippen molar-refractivity contribution in [3.8, 4) is 5.75 Å². The maximum absolute atomic E-state index is 5.62. The highest BCUT2D eigenvalue weighted by Crippen LogP contribution is 2.42. The van der Waals surface area contributed by atoms with E-state index in [4.69, 9.17) is 4.74 Å². The maximum Gasteiger partial charge on any atom is 0.134 e. The summed E-state index contributed by atoms with van der Waals surface area (Å²) in [5.41, 5.74) is 4.22. The van der Waals surface area contributed by atoms with Crippen LogP contribution in [0.4, 0.5) is 17.1 Å². The Balaban J connectivity index is 1.75. The van der Waals surface area contributed by atoms with E-state index in [-0.39, 0.29) is 4.75 Å². The molecule has 3 aromatic rings. The monoisotopic (exact) mass is 397 g/mol. The van der Waals surface area contributed by atoms with Crippen LogP contribution in [0, 0.1) is 0 Å². The van der Waals surface area contributed by atoms with Gasteiger partial charge in [0, 0.05) is 38.7 Å². The minimum absolute atomic E-state index is 0.0973. The zero-order chi connectivity index (χ0) is 19.0. The molecular formula is C21H23N3OS2. The quantitative estimate of drug-likeness (QED) is 0.500. The van der Waals surface area contributed by atoms with E-state index in [0.29, 0.717) is 0 Å². The van der Waals surface area contributed by atoms with Crippen molar-refractivity contribution in [3.63, 3.8) is 0 Å². The number of pyridine rings is 1. The molecule has 0 atom stereocenters. The lowest BCUT2D eigenvalue weighted by Gasteiger charge is -2.20. The zero-order valence-electron chi connectivity index (χ0n) is 15.9. The first kappa shape index (κ1) is 18.3. The number of ether oxygens (including phenoxy) is 1. The van der Waals surface area contributed by atoms with Crippen molar-refractivity contribution in [1.29, 1.82) is 0 Å². The van der Waals surface area contributed by atoms with E-state index >= 15 is 0 Å². The normalized spacial score (nSPS) is 13.3. The van der Waals surface area contributed by atoms with E-state index < -0.39 is 0 Å². The topological polar surface area (TPSA) is 46.2 Å². The molecule has 0 fully saturated rings. The third kappa shape index (κ3) is 3.96. The molecule has 0 unspecified atom stereocenters. The summed E-state index contributed by atoms with van der Waals surface area (Å²) in [7, 11) is 1.71. The molecular weight excluding hydrogens is 374 g/mol.